The minimum Gasteiger partial charge on any atom is -0.504 e. The van der Waals surface area contributed by atoms with Gasteiger partial charge in [-0.05, 0) is 50.1 Å². The first-order valence-corrected chi connectivity index (χ1v) is 5.44. The Morgan fingerprint density at radius 1 is 1.53 bits per heavy atom. The molecule has 0 saturated heterocycles. The van der Waals surface area contributed by atoms with Crippen LogP contribution >= 0.6 is 0 Å². The van der Waals surface area contributed by atoms with Gasteiger partial charge in [-0.15, -0.1) is 0 Å². The maximum absolute atomic E-state index is 9.74. The van der Waals surface area contributed by atoms with Crippen molar-refractivity contribution in [3.63, 3.8) is 0 Å². The van der Waals surface area contributed by atoms with Crippen molar-refractivity contribution < 1.29 is 9.84 Å². The molecule has 0 aromatic heterocycles. The van der Waals surface area contributed by atoms with E-state index in [9.17, 15) is 5.11 Å². The summed E-state index contributed by atoms with van der Waals surface area (Å²) in [5, 5.41) is 13.1. The SMILES string of the molecule is CCOc1cc2c(cc1O)CCN[C@@H]2C. The van der Waals surface area contributed by atoms with E-state index >= 15 is 0 Å². The number of ether oxygens (including phenoxy) is 1. The highest BCUT2D eigenvalue weighted by molar-refractivity contribution is 5.48. The summed E-state index contributed by atoms with van der Waals surface area (Å²) in [4.78, 5) is 0. The molecule has 0 spiro atoms. The van der Waals surface area contributed by atoms with Gasteiger partial charge in [0.25, 0.3) is 0 Å². The number of aromatic hydroxyl groups is 1. The van der Waals surface area contributed by atoms with Crippen molar-refractivity contribution in [3.05, 3.63) is 23.3 Å². The fraction of sp³-hybridized carbons (Fsp3) is 0.500. The maximum Gasteiger partial charge on any atom is 0.161 e. The van der Waals surface area contributed by atoms with E-state index in [0.717, 1.165) is 13.0 Å². The summed E-state index contributed by atoms with van der Waals surface area (Å²) >= 11 is 0. The van der Waals surface area contributed by atoms with Crippen molar-refractivity contribution in [1.82, 2.24) is 5.32 Å². The fourth-order valence-electron chi connectivity index (χ4n) is 2.05. The van der Waals surface area contributed by atoms with Gasteiger partial charge < -0.3 is 15.2 Å². The molecule has 2 rings (SSSR count). The highest BCUT2D eigenvalue weighted by atomic mass is 16.5. The molecule has 1 heterocycles. The third-order valence-corrected chi connectivity index (χ3v) is 2.83. The molecule has 0 fully saturated rings. The van der Waals surface area contributed by atoms with Gasteiger partial charge in [0.2, 0.25) is 0 Å². The van der Waals surface area contributed by atoms with Crippen molar-refractivity contribution in [2.75, 3.05) is 13.2 Å². The van der Waals surface area contributed by atoms with Crippen LogP contribution in [-0.2, 0) is 6.42 Å². The van der Waals surface area contributed by atoms with Gasteiger partial charge in [-0.25, -0.2) is 0 Å². The average molecular weight is 207 g/mol. The summed E-state index contributed by atoms with van der Waals surface area (Å²) in [5.74, 6) is 0.844. The van der Waals surface area contributed by atoms with Crippen LogP contribution in [0.5, 0.6) is 11.5 Å². The normalized spacial score (nSPS) is 19.7. The third kappa shape index (κ3) is 1.92. The largest absolute Gasteiger partial charge is 0.504 e. The summed E-state index contributed by atoms with van der Waals surface area (Å²) in [7, 11) is 0. The van der Waals surface area contributed by atoms with E-state index in [-0.39, 0.29) is 5.75 Å². The molecule has 82 valence electrons. The first-order chi connectivity index (χ1) is 7.22. The lowest BCUT2D eigenvalue weighted by molar-refractivity contribution is 0.316. The molecule has 1 atom stereocenters. The molecule has 15 heavy (non-hydrogen) atoms. The Kier molecular flexibility index (Phi) is 2.82. The Bertz CT molecular complexity index is 363. The Morgan fingerprint density at radius 3 is 3.07 bits per heavy atom. The molecule has 0 aliphatic carbocycles. The zero-order chi connectivity index (χ0) is 10.8. The molecule has 0 radical (unpaired) electrons. The number of hydrogen-bond acceptors (Lipinski definition) is 3. The van der Waals surface area contributed by atoms with E-state index in [4.69, 9.17) is 4.74 Å². The average Bonchev–Trinajstić information content (AvgIpc) is 2.21. The zero-order valence-electron chi connectivity index (χ0n) is 9.21. The topological polar surface area (TPSA) is 41.5 Å². The highest BCUT2D eigenvalue weighted by Gasteiger charge is 2.18. The van der Waals surface area contributed by atoms with Crippen molar-refractivity contribution in [2.45, 2.75) is 26.3 Å². The van der Waals surface area contributed by atoms with E-state index in [0.29, 0.717) is 18.4 Å². The van der Waals surface area contributed by atoms with E-state index in [1.165, 1.54) is 11.1 Å². The van der Waals surface area contributed by atoms with Crippen LogP contribution in [0.4, 0.5) is 0 Å². The molecule has 0 saturated carbocycles. The Hall–Kier alpha value is -1.22. The zero-order valence-corrected chi connectivity index (χ0v) is 9.21. The van der Waals surface area contributed by atoms with Crippen LogP contribution < -0.4 is 10.1 Å². The molecule has 1 aliphatic rings. The maximum atomic E-state index is 9.74. The molecule has 0 bridgehead atoms. The molecule has 1 aliphatic heterocycles. The van der Waals surface area contributed by atoms with Crippen LogP contribution in [0.25, 0.3) is 0 Å². The first kappa shape index (κ1) is 10.3. The summed E-state index contributed by atoms with van der Waals surface area (Å²) in [6.07, 6.45) is 0.972. The lowest BCUT2D eigenvalue weighted by Gasteiger charge is -2.24. The van der Waals surface area contributed by atoms with Gasteiger partial charge in [-0.2, -0.15) is 0 Å². The van der Waals surface area contributed by atoms with Crippen molar-refractivity contribution >= 4 is 0 Å². The Labute approximate surface area is 90.1 Å². The van der Waals surface area contributed by atoms with Gasteiger partial charge in [0.15, 0.2) is 11.5 Å². The minimum atomic E-state index is 0.254. The highest BCUT2D eigenvalue weighted by Crippen LogP contribution is 2.34. The molecule has 3 nitrogen and oxygen atoms in total. The quantitative estimate of drug-likeness (QED) is 0.779. The Morgan fingerprint density at radius 2 is 2.33 bits per heavy atom. The predicted octanol–water partition coefficient (Wildman–Crippen LogP) is 2.00. The number of hydrogen-bond donors (Lipinski definition) is 2. The second-order valence-corrected chi connectivity index (χ2v) is 3.88. The monoisotopic (exact) mass is 207 g/mol. The number of phenolic OH excluding ortho intramolecular Hbond substituents is 1. The molecule has 1 aromatic rings. The minimum absolute atomic E-state index is 0.254. The van der Waals surface area contributed by atoms with Gasteiger partial charge in [0, 0.05) is 6.04 Å². The molecule has 3 heteroatoms. The standard InChI is InChI=1S/C12H17NO2/c1-3-15-12-7-10-8(2)13-5-4-9(10)6-11(12)14/h6-8,13-14H,3-5H2,1-2H3/t8-/m1/s1. The summed E-state index contributed by atoms with van der Waals surface area (Å²) in [5.41, 5.74) is 2.46. The van der Waals surface area contributed by atoms with Crippen LogP contribution in [0, 0.1) is 0 Å². The van der Waals surface area contributed by atoms with E-state index in [1.807, 2.05) is 19.1 Å². The van der Waals surface area contributed by atoms with Gasteiger partial charge in [0.1, 0.15) is 0 Å². The van der Waals surface area contributed by atoms with Gasteiger partial charge in [-0.1, -0.05) is 0 Å². The molecular formula is C12H17NO2. The number of benzene rings is 1. The van der Waals surface area contributed by atoms with Crippen LogP contribution in [0.1, 0.15) is 31.0 Å². The predicted molar refractivity (Wildman–Crippen MR) is 59.4 cm³/mol. The van der Waals surface area contributed by atoms with E-state index < -0.39 is 0 Å². The van der Waals surface area contributed by atoms with Crippen LogP contribution in [0.2, 0.25) is 0 Å². The number of phenols is 1. The summed E-state index contributed by atoms with van der Waals surface area (Å²) in [6.45, 7) is 5.60. The third-order valence-electron chi connectivity index (χ3n) is 2.83. The summed E-state index contributed by atoms with van der Waals surface area (Å²) in [6, 6.07) is 4.12. The second kappa shape index (κ2) is 4.11. The van der Waals surface area contributed by atoms with Crippen LogP contribution in [0.15, 0.2) is 12.1 Å². The van der Waals surface area contributed by atoms with Crippen LogP contribution in [-0.4, -0.2) is 18.3 Å². The lowest BCUT2D eigenvalue weighted by atomic mass is 9.95. The number of fused-ring (bicyclic) bond motifs is 1. The van der Waals surface area contributed by atoms with Gasteiger partial charge >= 0.3 is 0 Å². The second-order valence-electron chi connectivity index (χ2n) is 3.88. The lowest BCUT2D eigenvalue weighted by Crippen LogP contribution is -2.27. The smallest absolute Gasteiger partial charge is 0.161 e. The van der Waals surface area contributed by atoms with Crippen LogP contribution in [0.3, 0.4) is 0 Å². The number of nitrogens with one attached hydrogen (secondary N) is 1. The number of rotatable bonds is 2. The molecule has 1 aromatic carbocycles. The molecule has 2 N–H and O–H groups in total. The molecule has 0 amide bonds. The van der Waals surface area contributed by atoms with E-state index in [2.05, 4.69) is 12.2 Å². The van der Waals surface area contributed by atoms with Crippen molar-refractivity contribution in [3.8, 4) is 11.5 Å². The van der Waals surface area contributed by atoms with Gasteiger partial charge in [-0.3, -0.25) is 0 Å². The Balaban J connectivity index is 2.41. The van der Waals surface area contributed by atoms with Crippen molar-refractivity contribution in [1.29, 1.82) is 0 Å². The van der Waals surface area contributed by atoms with E-state index in [1.54, 1.807) is 0 Å². The van der Waals surface area contributed by atoms with Crippen molar-refractivity contribution in [2.24, 2.45) is 0 Å². The molecule has 0 unspecified atom stereocenters. The summed E-state index contributed by atoms with van der Waals surface area (Å²) < 4.78 is 5.37. The first-order valence-electron chi connectivity index (χ1n) is 5.44. The van der Waals surface area contributed by atoms with Gasteiger partial charge in [0.05, 0.1) is 6.61 Å². The fourth-order valence-corrected chi connectivity index (χ4v) is 2.05. The molecular weight excluding hydrogens is 190 g/mol.